The van der Waals surface area contributed by atoms with E-state index in [2.05, 4.69) is 0 Å². The summed E-state index contributed by atoms with van der Waals surface area (Å²) in [5.74, 6) is 0. The van der Waals surface area contributed by atoms with Crippen molar-refractivity contribution in [3.05, 3.63) is 0 Å². The van der Waals surface area contributed by atoms with Crippen LogP contribution in [-0.4, -0.2) is 48.0 Å². The quantitative estimate of drug-likeness (QED) is 0.221. The molecule has 0 aromatic heterocycles. The topological polar surface area (TPSA) is 117 Å². The van der Waals surface area contributed by atoms with Gasteiger partial charge >= 0.3 is 0 Å². The summed E-state index contributed by atoms with van der Waals surface area (Å²) in [5.41, 5.74) is 5.25. The monoisotopic (exact) mass is 249 g/mol. The maximum atomic E-state index is 8.06. The first kappa shape index (κ1) is 29.3. The van der Waals surface area contributed by atoms with E-state index < -0.39 is 0 Å². The number of rotatable bonds is 0. The summed E-state index contributed by atoms with van der Waals surface area (Å²) in [5, 5.41) is 30.0. The van der Waals surface area contributed by atoms with Crippen molar-refractivity contribution < 1.29 is 42.4 Å². The van der Waals surface area contributed by atoms with Gasteiger partial charge in [-0.2, -0.15) is 0 Å². The molecule has 0 aliphatic carbocycles. The maximum absolute atomic E-state index is 8.06. The zero-order valence-electron chi connectivity index (χ0n) is 9.37. The SMILES string of the molecule is CC(C)O.CNO.CNO.CNO.[Ti]. The van der Waals surface area contributed by atoms with Crippen LogP contribution in [0.25, 0.3) is 0 Å². The Labute approximate surface area is 100 Å². The van der Waals surface area contributed by atoms with Gasteiger partial charge in [0.05, 0.1) is 0 Å². The summed E-state index contributed by atoms with van der Waals surface area (Å²) in [4.78, 5) is 0. The van der Waals surface area contributed by atoms with Crippen LogP contribution in [0.2, 0.25) is 0 Å². The second-order valence-corrected chi connectivity index (χ2v) is 1.76. The molecule has 0 fully saturated rings. The molecule has 0 radical (unpaired) electrons. The minimum absolute atomic E-state index is 0. The van der Waals surface area contributed by atoms with Gasteiger partial charge in [-0.1, -0.05) is 0 Å². The van der Waals surface area contributed by atoms with E-state index in [1.807, 2.05) is 0 Å². The largest absolute Gasteiger partial charge is 0.394 e. The smallest absolute Gasteiger partial charge is 0.0483 e. The van der Waals surface area contributed by atoms with E-state index >= 15 is 0 Å². The zero-order valence-corrected chi connectivity index (χ0v) is 10.9. The van der Waals surface area contributed by atoms with Gasteiger partial charge in [0.1, 0.15) is 0 Å². The molecule has 0 unspecified atom stereocenters. The molecule has 0 rings (SSSR count). The van der Waals surface area contributed by atoms with Crippen molar-refractivity contribution in [2.24, 2.45) is 0 Å². The Hall–Kier alpha value is 0.434. The molecule has 0 saturated carbocycles. The van der Waals surface area contributed by atoms with Crippen LogP contribution in [0.4, 0.5) is 0 Å². The molecule has 7 nitrogen and oxygen atoms in total. The van der Waals surface area contributed by atoms with Crippen molar-refractivity contribution in [3.63, 3.8) is 0 Å². The Morgan fingerprint density at radius 2 is 0.786 bits per heavy atom. The normalized spacial score (nSPS) is 6.43. The van der Waals surface area contributed by atoms with E-state index in [0.29, 0.717) is 0 Å². The Morgan fingerprint density at radius 3 is 0.786 bits per heavy atom. The predicted molar refractivity (Wildman–Crippen MR) is 49.9 cm³/mol. The average Bonchev–Trinajstić information content (AvgIpc) is 1.88. The second kappa shape index (κ2) is 50.2. The second-order valence-electron chi connectivity index (χ2n) is 1.76. The fourth-order valence-electron chi connectivity index (χ4n) is 0. The van der Waals surface area contributed by atoms with E-state index in [4.69, 9.17) is 20.7 Å². The van der Waals surface area contributed by atoms with E-state index in [-0.39, 0.29) is 27.8 Å². The number of aliphatic hydroxyl groups is 1. The van der Waals surface area contributed by atoms with Crippen molar-refractivity contribution in [2.75, 3.05) is 21.1 Å². The van der Waals surface area contributed by atoms with Crippen LogP contribution < -0.4 is 16.4 Å². The summed E-state index contributed by atoms with van der Waals surface area (Å²) in [6.45, 7) is 3.44. The molecule has 0 bridgehead atoms. The Balaban J connectivity index is -0.0000000254. The number of aliphatic hydroxyl groups excluding tert-OH is 1. The number of hydrogen-bond acceptors (Lipinski definition) is 7. The Bertz CT molecular complexity index is 46.5. The molecular formula is C6H23N3O4Ti. The average molecular weight is 249 g/mol. The molecule has 7 N–H and O–H groups in total. The van der Waals surface area contributed by atoms with Crippen LogP contribution in [0.5, 0.6) is 0 Å². The van der Waals surface area contributed by atoms with Crippen molar-refractivity contribution in [1.29, 1.82) is 0 Å². The Kier molecular flexibility index (Phi) is 105. The molecule has 0 atom stereocenters. The fraction of sp³-hybridized carbons (Fsp3) is 1.00. The molecular weight excluding hydrogens is 226 g/mol. The molecule has 0 aromatic carbocycles. The molecule has 0 amide bonds. The molecule has 14 heavy (non-hydrogen) atoms. The molecule has 90 valence electrons. The van der Waals surface area contributed by atoms with Crippen molar-refractivity contribution in [1.82, 2.24) is 16.4 Å². The van der Waals surface area contributed by atoms with Gasteiger partial charge in [-0.25, -0.2) is 16.4 Å². The molecule has 0 aliphatic rings. The third-order valence-electron chi connectivity index (χ3n) is 0. The third kappa shape index (κ3) is 8620. The molecule has 0 heterocycles. The van der Waals surface area contributed by atoms with Crippen LogP contribution in [0.15, 0.2) is 0 Å². The third-order valence-corrected chi connectivity index (χ3v) is 0. The summed E-state index contributed by atoms with van der Waals surface area (Å²) < 4.78 is 0. The van der Waals surface area contributed by atoms with Crippen molar-refractivity contribution >= 4 is 0 Å². The summed E-state index contributed by atoms with van der Waals surface area (Å²) in [6.07, 6.45) is -0.167. The van der Waals surface area contributed by atoms with Crippen LogP contribution in [-0.2, 0) is 21.7 Å². The minimum Gasteiger partial charge on any atom is -0.394 e. The summed E-state index contributed by atoms with van der Waals surface area (Å²) >= 11 is 0. The van der Waals surface area contributed by atoms with Crippen LogP contribution in [0.1, 0.15) is 13.8 Å². The van der Waals surface area contributed by atoms with Crippen LogP contribution in [0.3, 0.4) is 0 Å². The van der Waals surface area contributed by atoms with Crippen LogP contribution >= 0.6 is 0 Å². The van der Waals surface area contributed by atoms with Gasteiger partial charge in [-0.05, 0) is 13.8 Å². The maximum Gasteiger partial charge on any atom is 0.0483 e. The molecule has 0 aliphatic heterocycles. The minimum atomic E-state index is -0.167. The standard InChI is InChI=1S/C3H8O.3CH5NO.Ti/c1-3(2)4;3*1-2-3;/h3-4H,1-2H3;3*2-3H,1H3;. The van der Waals surface area contributed by atoms with Crippen molar-refractivity contribution in [2.45, 2.75) is 20.0 Å². The van der Waals surface area contributed by atoms with Gasteiger partial charge in [0, 0.05) is 49.0 Å². The van der Waals surface area contributed by atoms with E-state index in [1.54, 1.807) is 30.3 Å². The first-order valence-electron chi connectivity index (χ1n) is 3.58. The zero-order chi connectivity index (χ0) is 11.7. The Morgan fingerprint density at radius 1 is 0.786 bits per heavy atom. The number of hydrogen-bond donors (Lipinski definition) is 7. The van der Waals surface area contributed by atoms with Crippen LogP contribution in [0, 0.1) is 0 Å². The van der Waals surface area contributed by atoms with E-state index in [0.717, 1.165) is 0 Å². The van der Waals surface area contributed by atoms with E-state index in [1.165, 1.54) is 21.1 Å². The van der Waals surface area contributed by atoms with Gasteiger partial charge in [0.25, 0.3) is 0 Å². The van der Waals surface area contributed by atoms with Gasteiger partial charge in [0.2, 0.25) is 0 Å². The molecule has 8 heteroatoms. The fourth-order valence-corrected chi connectivity index (χ4v) is 0. The molecule has 0 spiro atoms. The van der Waals surface area contributed by atoms with Gasteiger partial charge in [0.15, 0.2) is 0 Å². The van der Waals surface area contributed by atoms with Gasteiger partial charge < -0.3 is 20.7 Å². The molecule has 0 saturated heterocycles. The summed E-state index contributed by atoms with van der Waals surface area (Å²) in [6, 6.07) is 0. The number of nitrogens with one attached hydrogen (secondary N) is 3. The number of hydroxylamine groups is 3. The first-order valence-corrected chi connectivity index (χ1v) is 3.58. The molecule has 0 aromatic rings. The van der Waals surface area contributed by atoms with Gasteiger partial charge in [-0.15, -0.1) is 0 Å². The van der Waals surface area contributed by atoms with Crippen molar-refractivity contribution in [3.8, 4) is 0 Å². The van der Waals surface area contributed by atoms with Gasteiger partial charge in [-0.3, -0.25) is 0 Å². The predicted octanol–water partition coefficient (Wildman–Crippen LogP) is -0.830. The first-order chi connectivity index (χ1) is 5.97. The van der Waals surface area contributed by atoms with E-state index in [9.17, 15) is 0 Å². The summed E-state index contributed by atoms with van der Waals surface area (Å²) in [7, 11) is 4.29.